The number of hydrogen-bond donors (Lipinski definition) is 1. The van der Waals surface area contributed by atoms with Crippen LogP contribution in [0.5, 0.6) is 0 Å². The molecule has 17 heavy (non-hydrogen) atoms. The number of nitrogens with zero attached hydrogens (tertiary/aromatic N) is 3. The highest BCUT2D eigenvalue weighted by Gasteiger charge is 2.07. The van der Waals surface area contributed by atoms with Crippen molar-refractivity contribution in [2.75, 3.05) is 25.1 Å². The number of ether oxygens (including phenoxy) is 1. The van der Waals surface area contributed by atoms with Crippen LogP contribution < -0.4 is 4.90 Å². The largest absolute Gasteiger partial charge is 0.478 e. The van der Waals surface area contributed by atoms with Gasteiger partial charge in [0.2, 0.25) is 5.95 Å². The second kappa shape index (κ2) is 6.15. The van der Waals surface area contributed by atoms with E-state index in [4.69, 9.17) is 9.84 Å². The van der Waals surface area contributed by atoms with Crippen LogP contribution in [0.3, 0.4) is 0 Å². The molecule has 0 bridgehead atoms. The highest BCUT2D eigenvalue weighted by atomic mass is 16.5. The molecule has 0 aromatic carbocycles. The van der Waals surface area contributed by atoms with Crippen LogP contribution in [0, 0.1) is 0 Å². The molecule has 0 spiro atoms. The molecule has 0 aliphatic carbocycles. The van der Waals surface area contributed by atoms with Gasteiger partial charge in [0.1, 0.15) is 0 Å². The molecule has 0 amide bonds. The Bertz CT molecular complexity index is 365. The Morgan fingerprint density at radius 3 is 2.53 bits per heavy atom. The van der Waals surface area contributed by atoms with Crippen molar-refractivity contribution in [3.05, 3.63) is 18.0 Å². The first-order valence-electron chi connectivity index (χ1n) is 5.38. The molecule has 1 rings (SSSR count). The van der Waals surface area contributed by atoms with Crippen molar-refractivity contribution >= 4 is 11.9 Å². The number of aromatic carboxylic acids is 1. The molecule has 0 aliphatic heterocycles. The van der Waals surface area contributed by atoms with Gasteiger partial charge in [-0.2, -0.15) is 0 Å². The quantitative estimate of drug-likeness (QED) is 0.799. The van der Waals surface area contributed by atoms with Gasteiger partial charge in [0, 0.05) is 26.0 Å². The molecule has 94 valence electrons. The van der Waals surface area contributed by atoms with Crippen molar-refractivity contribution in [3.63, 3.8) is 0 Å². The Hall–Kier alpha value is -1.69. The van der Waals surface area contributed by atoms with Crippen molar-refractivity contribution in [2.24, 2.45) is 0 Å². The smallest absolute Gasteiger partial charge is 0.338 e. The number of carbonyl (C=O) groups is 1. The molecule has 6 heteroatoms. The highest BCUT2D eigenvalue weighted by molar-refractivity contribution is 5.86. The molecule has 1 heterocycles. The van der Waals surface area contributed by atoms with E-state index < -0.39 is 5.97 Å². The minimum atomic E-state index is -1.03. The van der Waals surface area contributed by atoms with Crippen LogP contribution in [0.2, 0.25) is 0 Å². The Labute approximate surface area is 100 Å². The SMILES string of the molecule is CC(C)OCCN(C)c1ncc(C(=O)O)cn1. The van der Waals surface area contributed by atoms with Crippen molar-refractivity contribution in [1.29, 1.82) is 0 Å². The van der Waals surface area contributed by atoms with Gasteiger partial charge in [-0.3, -0.25) is 0 Å². The average molecular weight is 239 g/mol. The Morgan fingerprint density at radius 2 is 2.06 bits per heavy atom. The minimum absolute atomic E-state index is 0.0839. The van der Waals surface area contributed by atoms with Gasteiger partial charge in [0.05, 0.1) is 18.3 Å². The summed E-state index contributed by atoms with van der Waals surface area (Å²) in [6.07, 6.45) is 2.79. The standard InChI is InChI=1S/C11H17N3O3/c1-8(2)17-5-4-14(3)11-12-6-9(7-13-11)10(15)16/h6-8H,4-5H2,1-3H3,(H,15,16). The first-order valence-corrected chi connectivity index (χ1v) is 5.38. The van der Waals surface area contributed by atoms with Gasteiger partial charge in [-0.05, 0) is 13.8 Å². The second-order valence-electron chi connectivity index (χ2n) is 3.92. The van der Waals surface area contributed by atoms with Gasteiger partial charge in [-0.1, -0.05) is 0 Å². The molecule has 1 aromatic heterocycles. The fourth-order valence-electron chi connectivity index (χ4n) is 1.15. The third kappa shape index (κ3) is 4.36. The molecule has 1 N–H and O–H groups in total. The first kappa shape index (κ1) is 13.4. The lowest BCUT2D eigenvalue weighted by Gasteiger charge is -2.17. The van der Waals surface area contributed by atoms with E-state index in [0.717, 1.165) is 0 Å². The molecule has 0 fully saturated rings. The maximum absolute atomic E-state index is 10.6. The van der Waals surface area contributed by atoms with Crippen LogP contribution in [0.15, 0.2) is 12.4 Å². The summed E-state index contributed by atoms with van der Waals surface area (Å²) < 4.78 is 5.40. The fraction of sp³-hybridized carbons (Fsp3) is 0.545. The summed E-state index contributed by atoms with van der Waals surface area (Å²) in [5, 5.41) is 8.70. The number of anilines is 1. The normalized spacial score (nSPS) is 10.6. The van der Waals surface area contributed by atoms with E-state index in [1.54, 1.807) is 0 Å². The third-order valence-corrected chi connectivity index (χ3v) is 2.10. The zero-order valence-corrected chi connectivity index (χ0v) is 10.3. The lowest BCUT2D eigenvalue weighted by atomic mass is 10.3. The predicted octanol–water partition coefficient (Wildman–Crippen LogP) is 1.04. The molecule has 0 unspecified atom stereocenters. The predicted molar refractivity (Wildman–Crippen MR) is 63.3 cm³/mol. The molecule has 0 radical (unpaired) electrons. The van der Waals surface area contributed by atoms with Crippen LogP contribution in [-0.4, -0.2) is 47.3 Å². The number of likely N-dealkylation sites (N-methyl/N-ethyl adjacent to an activating group) is 1. The van der Waals surface area contributed by atoms with E-state index in [0.29, 0.717) is 19.1 Å². The van der Waals surface area contributed by atoms with Crippen molar-refractivity contribution < 1.29 is 14.6 Å². The van der Waals surface area contributed by atoms with Crippen LogP contribution >= 0.6 is 0 Å². The van der Waals surface area contributed by atoms with E-state index in [1.807, 2.05) is 25.8 Å². The molecule has 0 aliphatic rings. The lowest BCUT2D eigenvalue weighted by Crippen LogP contribution is -2.25. The third-order valence-electron chi connectivity index (χ3n) is 2.10. The van der Waals surface area contributed by atoms with Gasteiger partial charge in [0.25, 0.3) is 0 Å². The monoisotopic (exact) mass is 239 g/mol. The summed E-state index contributed by atoms with van der Waals surface area (Å²) in [5.74, 6) is -0.537. The maximum atomic E-state index is 10.6. The average Bonchev–Trinajstić information content (AvgIpc) is 2.28. The van der Waals surface area contributed by atoms with E-state index >= 15 is 0 Å². The number of hydrogen-bond acceptors (Lipinski definition) is 5. The summed E-state index contributed by atoms with van der Waals surface area (Å²) in [7, 11) is 1.83. The maximum Gasteiger partial charge on any atom is 0.338 e. The Morgan fingerprint density at radius 1 is 1.47 bits per heavy atom. The molecule has 0 atom stereocenters. The van der Waals surface area contributed by atoms with E-state index in [1.165, 1.54) is 12.4 Å². The molecular formula is C11H17N3O3. The van der Waals surface area contributed by atoms with Gasteiger partial charge in [-0.25, -0.2) is 14.8 Å². The van der Waals surface area contributed by atoms with Crippen LogP contribution in [0.25, 0.3) is 0 Å². The topological polar surface area (TPSA) is 75.5 Å². The Balaban J connectivity index is 2.51. The van der Waals surface area contributed by atoms with Gasteiger partial charge in [0.15, 0.2) is 0 Å². The number of carboxylic acids is 1. The van der Waals surface area contributed by atoms with Crippen LogP contribution in [0.4, 0.5) is 5.95 Å². The first-order chi connectivity index (χ1) is 8.00. The Kier molecular flexibility index (Phi) is 4.84. The van der Waals surface area contributed by atoms with Crippen molar-refractivity contribution in [2.45, 2.75) is 20.0 Å². The van der Waals surface area contributed by atoms with E-state index in [2.05, 4.69) is 9.97 Å². The van der Waals surface area contributed by atoms with E-state index in [-0.39, 0.29) is 11.7 Å². The number of carboxylic acid groups (broad SMARTS) is 1. The number of rotatable bonds is 6. The summed E-state index contributed by atoms with van der Waals surface area (Å²) in [4.78, 5) is 20.4. The minimum Gasteiger partial charge on any atom is -0.478 e. The number of aromatic nitrogens is 2. The molecule has 6 nitrogen and oxygen atoms in total. The van der Waals surface area contributed by atoms with Gasteiger partial charge >= 0.3 is 5.97 Å². The molecular weight excluding hydrogens is 222 g/mol. The summed E-state index contributed by atoms with van der Waals surface area (Å²) >= 11 is 0. The molecule has 1 aromatic rings. The molecule has 0 saturated carbocycles. The van der Waals surface area contributed by atoms with Gasteiger partial charge < -0.3 is 14.7 Å². The summed E-state index contributed by atoms with van der Waals surface area (Å²) in [5.41, 5.74) is 0.0839. The van der Waals surface area contributed by atoms with Crippen molar-refractivity contribution in [1.82, 2.24) is 9.97 Å². The lowest BCUT2D eigenvalue weighted by molar-refractivity contribution is 0.0695. The van der Waals surface area contributed by atoms with Crippen LogP contribution in [0.1, 0.15) is 24.2 Å². The van der Waals surface area contributed by atoms with Gasteiger partial charge in [-0.15, -0.1) is 0 Å². The van der Waals surface area contributed by atoms with Crippen LogP contribution in [-0.2, 0) is 4.74 Å². The zero-order valence-electron chi connectivity index (χ0n) is 10.3. The van der Waals surface area contributed by atoms with E-state index in [9.17, 15) is 4.79 Å². The fourth-order valence-corrected chi connectivity index (χ4v) is 1.15. The highest BCUT2D eigenvalue weighted by Crippen LogP contribution is 2.04. The summed E-state index contributed by atoms with van der Waals surface area (Å²) in [6, 6.07) is 0. The van der Waals surface area contributed by atoms with Crippen molar-refractivity contribution in [3.8, 4) is 0 Å². The zero-order chi connectivity index (χ0) is 12.8. The summed E-state index contributed by atoms with van der Waals surface area (Å²) in [6.45, 7) is 5.18. The molecule has 0 saturated heterocycles. The second-order valence-corrected chi connectivity index (χ2v) is 3.92.